The summed E-state index contributed by atoms with van der Waals surface area (Å²) in [6.07, 6.45) is 3.35. The molecule has 0 unspecified atom stereocenters. The van der Waals surface area contributed by atoms with Crippen molar-refractivity contribution in [2.45, 2.75) is 33.6 Å². The first-order chi connectivity index (χ1) is 12.1. The van der Waals surface area contributed by atoms with E-state index in [9.17, 15) is 4.79 Å². The Morgan fingerprint density at radius 2 is 2.00 bits per heavy atom. The van der Waals surface area contributed by atoms with Gasteiger partial charge in [0.05, 0.1) is 19.4 Å². The van der Waals surface area contributed by atoms with E-state index in [-0.39, 0.29) is 16.0 Å². The first-order valence-electron chi connectivity index (χ1n) is 8.19. The van der Waals surface area contributed by atoms with Gasteiger partial charge in [-0.3, -0.25) is 9.89 Å². The minimum atomic E-state index is -0.362. The fourth-order valence-corrected chi connectivity index (χ4v) is 2.14. The Morgan fingerprint density at radius 1 is 1.28 bits per heavy atom. The Labute approximate surface area is 151 Å². The van der Waals surface area contributed by atoms with Crippen LogP contribution in [0.25, 0.3) is 0 Å². The lowest BCUT2D eigenvalue weighted by molar-refractivity contribution is 0.301. The van der Waals surface area contributed by atoms with E-state index in [1.165, 1.54) is 0 Å². The SMILES string of the molecule is CCCOc1ccc(/C=N\n2c(=S)[nH]nc(C)c2=O)c(OCCC)c1. The minimum absolute atomic E-state index is 0.130. The van der Waals surface area contributed by atoms with Crippen LogP contribution in [0.5, 0.6) is 11.5 Å². The highest BCUT2D eigenvalue weighted by atomic mass is 32.1. The molecule has 1 heterocycles. The predicted molar refractivity (Wildman–Crippen MR) is 99.4 cm³/mol. The summed E-state index contributed by atoms with van der Waals surface area (Å²) in [5.74, 6) is 1.38. The third-order valence-corrected chi connectivity index (χ3v) is 3.51. The maximum absolute atomic E-state index is 12.1. The van der Waals surface area contributed by atoms with E-state index in [1.54, 1.807) is 13.1 Å². The zero-order valence-electron chi connectivity index (χ0n) is 14.6. The Kier molecular flexibility index (Phi) is 6.88. The number of nitrogens with zero attached hydrogens (tertiary/aromatic N) is 3. The van der Waals surface area contributed by atoms with Gasteiger partial charge in [0, 0.05) is 11.6 Å². The largest absolute Gasteiger partial charge is 0.493 e. The van der Waals surface area contributed by atoms with Gasteiger partial charge in [0.25, 0.3) is 5.56 Å². The molecule has 0 aliphatic rings. The molecule has 0 spiro atoms. The van der Waals surface area contributed by atoms with Crippen molar-refractivity contribution >= 4 is 18.4 Å². The van der Waals surface area contributed by atoms with E-state index in [0.29, 0.717) is 19.0 Å². The monoisotopic (exact) mass is 362 g/mol. The number of aromatic amines is 1. The van der Waals surface area contributed by atoms with Gasteiger partial charge in [-0.2, -0.15) is 14.9 Å². The van der Waals surface area contributed by atoms with E-state index in [4.69, 9.17) is 21.7 Å². The first-order valence-corrected chi connectivity index (χ1v) is 8.60. The Bertz CT molecular complexity index is 858. The van der Waals surface area contributed by atoms with Gasteiger partial charge in [0.2, 0.25) is 4.77 Å². The molecule has 25 heavy (non-hydrogen) atoms. The highest BCUT2D eigenvalue weighted by Crippen LogP contribution is 2.24. The maximum Gasteiger partial charge on any atom is 0.296 e. The molecule has 1 aromatic heterocycles. The highest BCUT2D eigenvalue weighted by molar-refractivity contribution is 7.71. The fourth-order valence-electron chi connectivity index (χ4n) is 1.97. The molecule has 0 saturated heterocycles. The number of hydrogen-bond donors (Lipinski definition) is 1. The smallest absolute Gasteiger partial charge is 0.296 e. The van der Waals surface area contributed by atoms with E-state index in [1.807, 2.05) is 32.0 Å². The lowest BCUT2D eigenvalue weighted by Crippen LogP contribution is -2.22. The van der Waals surface area contributed by atoms with Crippen LogP contribution in [0.15, 0.2) is 28.1 Å². The lowest BCUT2D eigenvalue weighted by atomic mass is 10.2. The minimum Gasteiger partial charge on any atom is -0.493 e. The van der Waals surface area contributed by atoms with E-state index < -0.39 is 0 Å². The van der Waals surface area contributed by atoms with Gasteiger partial charge in [-0.25, -0.2) is 0 Å². The third kappa shape index (κ3) is 4.99. The molecular formula is C17H22N4O3S. The average Bonchev–Trinajstić information content (AvgIpc) is 2.62. The molecule has 1 aromatic carbocycles. The zero-order valence-corrected chi connectivity index (χ0v) is 15.4. The second-order valence-electron chi connectivity index (χ2n) is 5.37. The van der Waals surface area contributed by atoms with Crippen LogP contribution in [0, 0.1) is 11.7 Å². The molecular weight excluding hydrogens is 340 g/mol. The van der Waals surface area contributed by atoms with Crippen molar-refractivity contribution in [3.63, 3.8) is 0 Å². The first kappa shape index (κ1) is 18.9. The second-order valence-corrected chi connectivity index (χ2v) is 5.76. The number of ether oxygens (including phenoxy) is 2. The molecule has 2 rings (SSSR count). The topological polar surface area (TPSA) is 81.5 Å². The molecule has 7 nitrogen and oxygen atoms in total. The van der Waals surface area contributed by atoms with Crippen LogP contribution < -0.4 is 15.0 Å². The molecule has 8 heteroatoms. The molecule has 0 bridgehead atoms. The maximum atomic E-state index is 12.1. The molecule has 0 atom stereocenters. The highest BCUT2D eigenvalue weighted by Gasteiger charge is 2.06. The van der Waals surface area contributed by atoms with E-state index in [2.05, 4.69) is 15.3 Å². The average molecular weight is 362 g/mol. The number of nitrogens with one attached hydrogen (secondary N) is 1. The number of aryl methyl sites for hydroxylation is 1. The number of aromatic nitrogens is 3. The zero-order chi connectivity index (χ0) is 18.2. The summed E-state index contributed by atoms with van der Waals surface area (Å²) >= 11 is 5.07. The van der Waals surface area contributed by atoms with Crippen molar-refractivity contribution < 1.29 is 9.47 Å². The number of H-pyrrole nitrogens is 1. The molecule has 2 aromatic rings. The van der Waals surface area contributed by atoms with Gasteiger partial charge >= 0.3 is 0 Å². The lowest BCUT2D eigenvalue weighted by Gasteiger charge is -2.11. The van der Waals surface area contributed by atoms with Crippen molar-refractivity contribution in [3.8, 4) is 11.5 Å². The van der Waals surface area contributed by atoms with E-state index >= 15 is 0 Å². The predicted octanol–water partition coefficient (Wildman–Crippen LogP) is 3.07. The third-order valence-electron chi connectivity index (χ3n) is 3.25. The van der Waals surface area contributed by atoms with Crippen molar-refractivity contribution in [2.24, 2.45) is 5.10 Å². The quantitative estimate of drug-likeness (QED) is 0.576. The van der Waals surface area contributed by atoms with Crippen LogP contribution in [0.4, 0.5) is 0 Å². The summed E-state index contributed by atoms with van der Waals surface area (Å²) in [4.78, 5) is 12.1. The Hall–Kier alpha value is -2.48. The van der Waals surface area contributed by atoms with Crippen molar-refractivity contribution in [2.75, 3.05) is 13.2 Å². The normalized spacial score (nSPS) is 11.0. The summed E-state index contributed by atoms with van der Waals surface area (Å²) < 4.78 is 12.6. The van der Waals surface area contributed by atoms with Crippen LogP contribution in [-0.2, 0) is 0 Å². The number of rotatable bonds is 8. The van der Waals surface area contributed by atoms with Crippen LogP contribution in [0.3, 0.4) is 0 Å². The molecule has 0 aliphatic heterocycles. The second kappa shape index (κ2) is 9.12. The van der Waals surface area contributed by atoms with Crippen LogP contribution in [0.1, 0.15) is 37.9 Å². The van der Waals surface area contributed by atoms with Crippen LogP contribution in [-0.4, -0.2) is 34.3 Å². The van der Waals surface area contributed by atoms with Gasteiger partial charge < -0.3 is 9.47 Å². The van der Waals surface area contributed by atoms with Gasteiger partial charge in [-0.15, -0.1) is 0 Å². The molecule has 0 radical (unpaired) electrons. The molecule has 0 saturated carbocycles. The van der Waals surface area contributed by atoms with Crippen LogP contribution >= 0.6 is 12.2 Å². The number of benzene rings is 1. The summed E-state index contributed by atoms with van der Waals surface area (Å²) in [5.41, 5.74) is 0.656. The summed E-state index contributed by atoms with van der Waals surface area (Å²) in [6, 6.07) is 5.51. The Balaban J connectivity index is 2.36. The summed E-state index contributed by atoms with van der Waals surface area (Å²) in [6.45, 7) is 6.89. The van der Waals surface area contributed by atoms with Gasteiger partial charge in [0.1, 0.15) is 17.2 Å². The number of hydrogen-bond acceptors (Lipinski definition) is 6. The molecule has 1 N–H and O–H groups in total. The van der Waals surface area contributed by atoms with Gasteiger partial charge in [0.15, 0.2) is 0 Å². The molecule has 0 aliphatic carbocycles. The van der Waals surface area contributed by atoms with Crippen molar-refractivity contribution in [3.05, 3.63) is 44.6 Å². The molecule has 134 valence electrons. The Morgan fingerprint density at radius 3 is 2.72 bits per heavy atom. The van der Waals surface area contributed by atoms with Crippen LogP contribution in [0.2, 0.25) is 0 Å². The molecule has 0 fully saturated rings. The summed E-state index contributed by atoms with van der Waals surface area (Å²) in [7, 11) is 0. The van der Waals surface area contributed by atoms with E-state index in [0.717, 1.165) is 28.8 Å². The van der Waals surface area contributed by atoms with Gasteiger partial charge in [-0.1, -0.05) is 13.8 Å². The fraction of sp³-hybridized carbons (Fsp3) is 0.412. The van der Waals surface area contributed by atoms with Gasteiger partial charge in [-0.05, 0) is 44.1 Å². The van der Waals surface area contributed by atoms with Crippen molar-refractivity contribution in [1.82, 2.24) is 14.9 Å². The van der Waals surface area contributed by atoms with Crippen molar-refractivity contribution in [1.29, 1.82) is 0 Å². The summed E-state index contributed by atoms with van der Waals surface area (Å²) in [5, 5.41) is 10.6. The standard InChI is InChI=1S/C17H22N4O3S/c1-4-8-23-14-7-6-13(15(10-14)24-9-5-2)11-18-21-16(22)12(3)19-20-17(21)25/h6-7,10-11H,4-5,8-9H2,1-3H3,(H,20,25)/b18-11-. The molecule has 0 amide bonds.